The Labute approximate surface area is 208 Å². The molecule has 0 radical (unpaired) electrons. The number of phenols is 1. The van der Waals surface area contributed by atoms with Crippen molar-refractivity contribution in [1.82, 2.24) is 15.1 Å². The van der Waals surface area contributed by atoms with E-state index < -0.39 is 0 Å². The Hall–Kier alpha value is -2.38. The van der Waals surface area contributed by atoms with E-state index in [2.05, 4.69) is 77.1 Å². The van der Waals surface area contributed by atoms with Gasteiger partial charge >= 0.3 is 0 Å². The van der Waals surface area contributed by atoms with Gasteiger partial charge in [-0.25, -0.2) is 0 Å². The molecule has 3 aromatic rings. The molecule has 182 valence electrons. The molecule has 2 heterocycles. The molecule has 2 aromatic carbocycles. The molecule has 5 nitrogen and oxygen atoms in total. The van der Waals surface area contributed by atoms with Crippen LogP contribution in [0.25, 0.3) is 0 Å². The molecular formula is C28H37N3O2S. The van der Waals surface area contributed by atoms with Gasteiger partial charge in [0.25, 0.3) is 0 Å². The van der Waals surface area contributed by atoms with Crippen LogP contribution in [0.1, 0.15) is 41.4 Å². The Balaban J connectivity index is 1.41. The van der Waals surface area contributed by atoms with Crippen molar-refractivity contribution in [3.8, 4) is 11.5 Å². The number of nitrogens with one attached hydrogen (secondary N) is 1. The lowest BCUT2D eigenvalue weighted by Gasteiger charge is -2.46. The maximum Gasteiger partial charge on any atom is 0.134 e. The van der Waals surface area contributed by atoms with Crippen LogP contribution in [0.4, 0.5) is 0 Å². The summed E-state index contributed by atoms with van der Waals surface area (Å²) < 4.78 is 6.45. The molecule has 4 rings (SSSR count). The molecule has 2 N–H and O–H groups in total. The number of rotatable bonds is 10. The molecule has 1 atom stereocenters. The van der Waals surface area contributed by atoms with Crippen molar-refractivity contribution in [3.05, 3.63) is 82.0 Å². The first kappa shape index (κ1) is 24.7. The van der Waals surface area contributed by atoms with Crippen molar-refractivity contribution in [2.45, 2.75) is 37.5 Å². The van der Waals surface area contributed by atoms with E-state index in [1.807, 2.05) is 19.2 Å². The lowest BCUT2D eigenvalue weighted by Crippen LogP contribution is -2.50. The van der Waals surface area contributed by atoms with E-state index >= 15 is 0 Å². The van der Waals surface area contributed by atoms with Crippen LogP contribution in [0.2, 0.25) is 0 Å². The molecule has 0 saturated carbocycles. The zero-order valence-electron chi connectivity index (χ0n) is 20.5. The fourth-order valence-electron chi connectivity index (χ4n) is 5.02. The van der Waals surface area contributed by atoms with Crippen LogP contribution in [-0.4, -0.2) is 55.7 Å². The predicted octanol–water partition coefficient (Wildman–Crippen LogP) is 5.24. The summed E-state index contributed by atoms with van der Waals surface area (Å²) in [6.07, 6.45) is 3.07. The Morgan fingerprint density at radius 1 is 1.09 bits per heavy atom. The van der Waals surface area contributed by atoms with E-state index in [0.29, 0.717) is 5.75 Å². The SMILES string of the molecule is CNCCC(Oc1cccc(CN2CCC(c3cccc(O)c3)(N(C)C)CC2)c1)c1cccs1. The van der Waals surface area contributed by atoms with E-state index in [4.69, 9.17) is 4.74 Å². The second-order valence-electron chi connectivity index (χ2n) is 9.41. The van der Waals surface area contributed by atoms with Gasteiger partial charge < -0.3 is 15.2 Å². The van der Waals surface area contributed by atoms with Crippen LogP contribution >= 0.6 is 11.3 Å². The topological polar surface area (TPSA) is 48.0 Å². The molecule has 34 heavy (non-hydrogen) atoms. The van der Waals surface area contributed by atoms with Gasteiger partial charge in [0, 0.05) is 36.5 Å². The van der Waals surface area contributed by atoms with E-state index in [0.717, 1.165) is 51.2 Å². The summed E-state index contributed by atoms with van der Waals surface area (Å²) in [5.41, 5.74) is 2.45. The smallest absolute Gasteiger partial charge is 0.134 e. The third kappa shape index (κ3) is 5.81. The molecule has 6 heteroatoms. The van der Waals surface area contributed by atoms with Gasteiger partial charge in [-0.15, -0.1) is 11.3 Å². The van der Waals surface area contributed by atoms with Gasteiger partial charge in [-0.3, -0.25) is 9.80 Å². The number of hydrogen-bond acceptors (Lipinski definition) is 6. The van der Waals surface area contributed by atoms with E-state index in [-0.39, 0.29) is 11.6 Å². The molecule has 1 aliphatic rings. The summed E-state index contributed by atoms with van der Waals surface area (Å²) in [4.78, 5) is 6.12. The standard InChI is InChI=1S/C28H37N3O2S/c1-29-15-12-26(27-11-6-18-34-27)33-25-10-4-7-22(19-25)21-31-16-13-28(14-17-31,30(2)3)23-8-5-9-24(32)20-23/h4-11,18-20,26,29,32H,12-17,21H2,1-3H3. The third-order valence-electron chi connectivity index (χ3n) is 7.02. The lowest BCUT2D eigenvalue weighted by atomic mass is 9.79. The van der Waals surface area contributed by atoms with Crippen molar-refractivity contribution < 1.29 is 9.84 Å². The summed E-state index contributed by atoms with van der Waals surface area (Å²) in [5, 5.41) is 15.4. The van der Waals surface area contributed by atoms with Crippen LogP contribution in [0.15, 0.2) is 66.0 Å². The summed E-state index contributed by atoms with van der Waals surface area (Å²) >= 11 is 1.75. The second-order valence-corrected chi connectivity index (χ2v) is 10.4. The highest BCUT2D eigenvalue weighted by atomic mass is 32.1. The predicted molar refractivity (Wildman–Crippen MR) is 141 cm³/mol. The van der Waals surface area contributed by atoms with Crippen LogP contribution in [0.3, 0.4) is 0 Å². The van der Waals surface area contributed by atoms with E-state index in [9.17, 15) is 5.11 Å². The highest BCUT2D eigenvalue weighted by molar-refractivity contribution is 7.10. The van der Waals surface area contributed by atoms with Crippen LogP contribution in [0, 0.1) is 0 Å². The molecule has 1 fully saturated rings. The summed E-state index contributed by atoms with van der Waals surface area (Å²) in [6, 6.07) is 20.6. The molecular weight excluding hydrogens is 442 g/mol. The van der Waals surface area contributed by atoms with Gasteiger partial charge in [-0.05, 0) is 87.4 Å². The quantitative estimate of drug-likeness (QED) is 0.417. The molecule has 1 unspecified atom stereocenters. The fourth-order valence-corrected chi connectivity index (χ4v) is 5.81. The summed E-state index contributed by atoms with van der Waals surface area (Å²) in [7, 11) is 6.29. The zero-order chi connectivity index (χ0) is 24.0. The number of likely N-dealkylation sites (tertiary alicyclic amines) is 1. The minimum Gasteiger partial charge on any atom is -0.508 e. The van der Waals surface area contributed by atoms with Gasteiger partial charge in [-0.1, -0.05) is 30.3 Å². The Morgan fingerprint density at radius 3 is 2.56 bits per heavy atom. The maximum absolute atomic E-state index is 10.0. The zero-order valence-corrected chi connectivity index (χ0v) is 21.4. The first-order valence-corrected chi connectivity index (χ1v) is 13.0. The number of piperidine rings is 1. The number of benzene rings is 2. The number of thiophene rings is 1. The van der Waals surface area contributed by atoms with Crippen LogP contribution in [0.5, 0.6) is 11.5 Å². The van der Waals surface area contributed by atoms with Gasteiger partial charge in [-0.2, -0.15) is 0 Å². The van der Waals surface area contributed by atoms with Crippen molar-refractivity contribution in [2.75, 3.05) is 40.8 Å². The minimum absolute atomic E-state index is 0.0402. The van der Waals surface area contributed by atoms with Crippen molar-refractivity contribution in [2.24, 2.45) is 0 Å². The van der Waals surface area contributed by atoms with E-state index in [1.165, 1.54) is 16.0 Å². The normalized spacial score (nSPS) is 17.1. The summed E-state index contributed by atoms with van der Waals surface area (Å²) in [6.45, 7) is 3.86. The molecule has 0 spiro atoms. The number of phenolic OH excluding ortho intramolecular Hbond substituents is 1. The summed E-state index contributed by atoms with van der Waals surface area (Å²) in [5.74, 6) is 1.28. The molecule has 0 aliphatic carbocycles. The molecule has 0 amide bonds. The maximum atomic E-state index is 10.0. The number of nitrogens with zero attached hydrogens (tertiary/aromatic N) is 2. The average Bonchev–Trinajstić information content (AvgIpc) is 3.37. The van der Waals surface area contributed by atoms with Gasteiger partial charge in [0.05, 0.1) is 0 Å². The monoisotopic (exact) mass is 479 g/mol. The first-order valence-electron chi connectivity index (χ1n) is 12.1. The minimum atomic E-state index is -0.0402. The van der Waals surface area contributed by atoms with Gasteiger partial charge in [0.1, 0.15) is 17.6 Å². The van der Waals surface area contributed by atoms with Gasteiger partial charge in [0.2, 0.25) is 0 Å². The van der Waals surface area contributed by atoms with Crippen molar-refractivity contribution in [1.29, 1.82) is 0 Å². The van der Waals surface area contributed by atoms with Crippen LogP contribution in [-0.2, 0) is 12.1 Å². The molecule has 1 aliphatic heterocycles. The molecule has 1 saturated heterocycles. The van der Waals surface area contributed by atoms with Crippen molar-refractivity contribution in [3.63, 3.8) is 0 Å². The average molecular weight is 480 g/mol. The second kappa shape index (κ2) is 11.4. The Bertz CT molecular complexity index is 1030. The lowest BCUT2D eigenvalue weighted by molar-refractivity contribution is 0.0505. The Morgan fingerprint density at radius 2 is 1.88 bits per heavy atom. The van der Waals surface area contributed by atoms with Gasteiger partial charge in [0.15, 0.2) is 0 Å². The van der Waals surface area contributed by atoms with Crippen molar-refractivity contribution >= 4 is 11.3 Å². The first-order chi connectivity index (χ1) is 16.5. The third-order valence-corrected chi connectivity index (χ3v) is 7.99. The molecule has 0 bridgehead atoms. The fraction of sp³-hybridized carbons (Fsp3) is 0.429. The highest BCUT2D eigenvalue weighted by Gasteiger charge is 2.38. The van der Waals surface area contributed by atoms with Crippen LogP contribution < -0.4 is 10.1 Å². The number of hydrogen-bond donors (Lipinski definition) is 2. The highest BCUT2D eigenvalue weighted by Crippen LogP contribution is 2.39. The largest absolute Gasteiger partial charge is 0.508 e. The van der Waals surface area contributed by atoms with E-state index in [1.54, 1.807) is 17.4 Å². The number of aromatic hydroxyl groups is 1. The number of ether oxygens (including phenoxy) is 1. The Kier molecular flexibility index (Phi) is 8.27. The molecule has 1 aromatic heterocycles.